The van der Waals surface area contributed by atoms with Gasteiger partial charge in [0.05, 0.1) is 23.3 Å². The van der Waals surface area contributed by atoms with Crippen molar-refractivity contribution < 1.29 is 18.0 Å². The van der Waals surface area contributed by atoms with Gasteiger partial charge in [-0.1, -0.05) is 29.8 Å². The minimum atomic E-state index is -4.61. The molecule has 1 aromatic carbocycles. The second-order valence-corrected chi connectivity index (χ2v) is 6.87. The molecule has 1 N–H and O–H groups in total. The van der Waals surface area contributed by atoms with Gasteiger partial charge in [-0.25, -0.2) is 9.97 Å². The van der Waals surface area contributed by atoms with Gasteiger partial charge in [-0.2, -0.15) is 13.2 Å². The lowest BCUT2D eigenvalue weighted by molar-refractivity contribution is -0.141. The number of carbonyl (C=O) groups is 1. The number of amides is 1. The molecule has 0 radical (unpaired) electrons. The lowest BCUT2D eigenvalue weighted by atomic mass is 10.1. The Morgan fingerprint density at radius 2 is 2.00 bits per heavy atom. The fraction of sp³-hybridized carbons (Fsp3) is 0.263. The van der Waals surface area contributed by atoms with E-state index in [9.17, 15) is 22.8 Å². The number of pyridine rings is 1. The smallest absolute Gasteiger partial charge is 0.348 e. The standard InChI is InChI=1S/C19H16ClF3N4O2/c1-10-4-3-5-13-16(10)24-9-27(18(13)29)8-15(28)25-11(2)12-6-7-14(19(21,22)23)26-17(12)20/h3-7,9,11H,8H2,1-2H3,(H,25,28). The Balaban J connectivity index is 1.77. The van der Waals surface area contributed by atoms with E-state index in [1.165, 1.54) is 6.33 Å². The second kappa shape index (κ2) is 7.82. The van der Waals surface area contributed by atoms with Gasteiger partial charge in [0.15, 0.2) is 0 Å². The highest BCUT2D eigenvalue weighted by Crippen LogP contribution is 2.31. The highest BCUT2D eigenvalue weighted by molar-refractivity contribution is 6.30. The largest absolute Gasteiger partial charge is 0.433 e. The molecule has 6 nitrogen and oxygen atoms in total. The molecular weight excluding hydrogens is 409 g/mol. The van der Waals surface area contributed by atoms with Gasteiger partial charge in [-0.05, 0) is 31.5 Å². The Kier molecular flexibility index (Phi) is 5.61. The first-order chi connectivity index (χ1) is 13.6. The summed E-state index contributed by atoms with van der Waals surface area (Å²) < 4.78 is 39.3. The number of hydrogen-bond donors (Lipinski definition) is 1. The first-order valence-electron chi connectivity index (χ1n) is 8.55. The topological polar surface area (TPSA) is 76.9 Å². The fourth-order valence-electron chi connectivity index (χ4n) is 2.90. The van der Waals surface area contributed by atoms with Crippen molar-refractivity contribution in [2.75, 3.05) is 0 Å². The van der Waals surface area contributed by atoms with E-state index in [-0.39, 0.29) is 22.8 Å². The average molecular weight is 425 g/mol. The van der Waals surface area contributed by atoms with Crippen molar-refractivity contribution in [3.05, 3.63) is 69.0 Å². The molecular formula is C19H16ClF3N4O2. The molecule has 0 fully saturated rings. The van der Waals surface area contributed by atoms with Gasteiger partial charge in [0, 0.05) is 5.56 Å². The first-order valence-corrected chi connectivity index (χ1v) is 8.93. The molecule has 152 valence electrons. The number of nitrogens with zero attached hydrogens (tertiary/aromatic N) is 3. The summed E-state index contributed by atoms with van der Waals surface area (Å²) in [5, 5.41) is 2.64. The maximum atomic E-state index is 12.7. The molecule has 0 bridgehead atoms. The third-order valence-electron chi connectivity index (χ3n) is 4.38. The molecule has 10 heteroatoms. The van der Waals surface area contributed by atoms with Crippen molar-refractivity contribution in [2.45, 2.75) is 32.6 Å². The Bertz CT molecular complexity index is 1140. The van der Waals surface area contributed by atoms with Crippen LogP contribution in [0, 0.1) is 6.92 Å². The molecule has 29 heavy (non-hydrogen) atoms. The maximum Gasteiger partial charge on any atom is 0.433 e. The van der Waals surface area contributed by atoms with E-state index in [0.717, 1.165) is 22.3 Å². The van der Waals surface area contributed by atoms with Crippen molar-refractivity contribution in [3.8, 4) is 0 Å². The van der Waals surface area contributed by atoms with E-state index in [4.69, 9.17) is 11.6 Å². The molecule has 0 spiro atoms. The normalized spacial score (nSPS) is 12.8. The molecule has 0 aliphatic rings. The molecule has 0 aliphatic carbocycles. The zero-order valence-corrected chi connectivity index (χ0v) is 16.2. The Hall–Kier alpha value is -2.94. The summed E-state index contributed by atoms with van der Waals surface area (Å²) in [5.74, 6) is -0.524. The fourth-order valence-corrected chi connectivity index (χ4v) is 3.21. The number of aryl methyl sites for hydroxylation is 1. The Morgan fingerprint density at radius 1 is 1.28 bits per heavy atom. The third-order valence-corrected chi connectivity index (χ3v) is 4.68. The first kappa shape index (κ1) is 20.8. The van der Waals surface area contributed by atoms with Crippen molar-refractivity contribution in [1.82, 2.24) is 19.9 Å². The van der Waals surface area contributed by atoms with Gasteiger partial charge in [0.1, 0.15) is 17.4 Å². The van der Waals surface area contributed by atoms with Gasteiger partial charge in [0.2, 0.25) is 5.91 Å². The van der Waals surface area contributed by atoms with E-state index in [0.29, 0.717) is 10.9 Å². The number of fused-ring (bicyclic) bond motifs is 1. The van der Waals surface area contributed by atoms with Crippen molar-refractivity contribution >= 4 is 28.4 Å². The molecule has 1 unspecified atom stereocenters. The van der Waals surface area contributed by atoms with Crippen LogP contribution in [-0.4, -0.2) is 20.4 Å². The number of nitrogens with one attached hydrogen (secondary N) is 1. The molecule has 0 saturated heterocycles. The summed E-state index contributed by atoms with van der Waals surface area (Å²) >= 11 is 5.85. The minimum Gasteiger partial charge on any atom is -0.348 e. The average Bonchev–Trinajstić information content (AvgIpc) is 2.63. The predicted molar refractivity (Wildman–Crippen MR) is 102 cm³/mol. The molecule has 2 heterocycles. The second-order valence-electron chi connectivity index (χ2n) is 6.51. The molecule has 0 saturated carbocycles. The van der Waals surface area contributed by atoms with Crippen LogP contribution in [0.15, 0.2) is 41.5 Å². The lowest BCUT2D eigenvalue weighted by Crippen LogP contribution is -2.34. The summed E-state index contributed by atoms with van der Waals surface area (Å²) in [6.07, 6.45) is -3.33. The van der Waals surface area contributed by atoms with Crippen molar-refractivity contribution in [1.29, 1.82) is 0 Å². The Morgan fingerprint density at radius 3 is 2.66 bits per heavy atom. The molecule has 1 atom stereocenters. The van der Waals surface area contributed by atoms with E-state index in [2.05, 4.69) is 15.3 Å². The van der Waals surface area contributed by atoms with Gasteiger partial charge in [-0.15, -0.1) is 0 Å². The van der Waals surface area contributed by atoms with Gasteiger partial charge in [0.25, 0.3) is 5.56 Å². The number of hydrogen-bond acceptors (Lipinski definition) is 4. The van der Waals surface area contributed by atoms with Crippen molar-refractivity contribution in [2.24, 2.45) is 0 Å². The summed E-state index contributed by atoms with van der Waals surface area (Å²) in [7, 11) is 0. The van der Waals surface area contributed by atoms with Crippen LogP contribution in [0.25, 0.3) is 10.9 Å². The van der Waals surface area contributed by atoms with Gasteiger partial charge in [-0.3, -0.25) is 14.2 Å². The zero-order chi connectivity index (χ0) is 21.3. The van der Waals surface area contributed by atoms with E-state index >= 15 is 0 Å². The zero-order valence-electron chi connectivity index (χ0n) is 15.4. The number of aromatic nitrogens is 3. The number of halogens is 4. The van der Waals surface area contributed by atoms with E-state index < -0.39 is 23.8 Å². The van der Waals surface area contributed by atoms with Crippen LogP contribution in [0.5, 0.6) is 0 Å². The number of alkyl halides is 3. The number of para-hydroxylation sites is 1. The minimum absolute atomic E-state index is 0.229. The summed E-state index contributed by atoms with van der Waals surface area (Å²) in [6, 6.07) is 6.43. The van der Waals surface area contributed by atoms with Gasteiger partial charge < -0.3 is 5.32 Å². The van der Waals surface area contributed by atoms with Crippen LogP contribution in [0.1, 0.15) is 29.8 Å². The SMILES string of the molecule is Cc1cccc2c(=O)n(CC(=O)NC(C)c3ccc(C(F)(F)F)nc3Cl)cnc12. The van der Waals surface area contributed by atoms with Crippen LogP contribution in [-0.2, 0) is 17.5 Å². The highest BCUT2D eigenvalue weighted by Gasteiger charge is 2.33. The summed E-state index contributed by atoms with van der Waals surface area (Å²) in [4.78, 5) is 32.5. The lowest BCUT2D eigenvalue weighted by Gasteiger charge is -2.17. The number of rotatable bonds is 4. The summed E-state index contributed by atoms with van der Waals surface area (Å²) in [5.41, 5.74) is 0.150. The molecule has 2 aromatic heterocycles. The van der Waals surface area contributed by atoms with Crippen LogP contribution < -0.4 is 10.9 Å². The number of carbonyl (C=O) groups excluding carboxylic acids is 1. The third kappa shape index (κ3) is 4.40. The van der Waals surface area contributed by atoms with Crippen LogP contribution >= 0.6 is 11.6 Å². The van der Waals surface area contributed by atoms with Crippen LogP contribution in [0.4, 0.5) is 13.2 Å². The van der Waals surface area contributed by atoms with E-state index in [1.54, 1.807) is 19.1 Å². The van der Waals surface area contributed by atoms with Gasteiger partial charge >= 0.3 is 6.18 Å². The monoisotopic (exact) mass is 424 g/mol. The van der Waals surface area contributed by atoms with E-state index in [1.807, 2.05) is 13.0 Å². The molecule has 1 amide bonds. The molecule has 3 rings (SSSR count). The van der Waals surface area contributed by atoms with Crippen molar-refractivity contribution in [3.63, 3.8) is 0 Å². The van der Waals surface area contributed by atoms with Crippen LogP contribution in [0.2, 0.25) is 5.15 Å². The van der Waals surface area contributed by atoms with Crippen LogP contribution in [0.3, 0.4) is 0 Å². The summed E-state index contributed by atoms with van der Waals surface area (Å²) in [6.45, 7) is 3.08. The molecule has 3 aromatic rings. The maximum absolute atomic E-state index is 12.7. The predicted octanol–water partition coefficient (Wildman–Crippen LogP) is 3.65. The highest BCUT2D eigenvalue weighted by atomic mass is 35.5. The Labute approximate surface area is 168 Å². The molecule has 0 aliphatic heterocycles. The number of benzene rings is 1. The quantitative estimate of drug-likeness (QED) is 0.648.